The first-order chi connectivity index (χ1) is 8.42. The summed E-state index contributed by atoms with van der Waals surface area (Å²) in [4.78, 5) is 22.5. The number of aliphatic hydroxyl groups is 1. The number of hydrogen-bond acceptors (Lipinski definition) is 6. The van der Waals surface area contributed by atoms with Crippen LogP contribution in [0.25, 0.3) is 0 Å². The van der Waals surface area contributed by atoms with E-state index in [-0.39, 0.29) is 25.6 Å². The van der Waals surface area contributed by atoms with Crippen LogP contribution in [0.1, 0.15) is 33.6 Å². The number of carbonyl (C=O) groups is 2. The molecule has 18 heavy (non-hydrogen) atoms. The van der Waals surface area contributed by atoms with E-state index in [1.807, 2.05) is 6.92 Å². The highest BCUT2D eigenvalue weighted by molar-refractivity contribution is 5.75. The molecule has 0 saturated heterocycles. The number of nitrogens with two attached hydrogens (primary N) is 1. The van der Waals surface area contributed by atoms with Gasteiger partial charge in [0.25, 0.3) is 0 Å². The Morgan fingerprint density at radius 2 is 1.61 bits per heavy atom. The standard InChI is InChI=1S/C12H23NO5/c1-4-17-11(15)9(13)6-8(3)7-10(14)12(16)18-5-2/h8-10,14H,4-7,13H2,1-3H3. The van der Waals surface area contributed by atoms with Gasteiger partial charge in [0, 0.05) is 0 Å². The average molecular weight is 261 g/mol. The van der Waals surface area contributed by atoms with E-state index >= 15 is 0 Å². The zero-order valence-electron chi connectivity index (χ0n) is 11.2. The molecule has 0 saturated carbocycles. The van der Waals surface area contributed by atoms with E-state index in [2.05, 4.69) is 4.74 Å². The van der Waals surface area contributed by atoms with Crippen LogP contribution in [0.15, 0.2) is 0 Å². The third-order valence-electron chi connectivity index (χ3n) is 2.43. The first kappa shape index (κ1) is 16.9. The number of hydrogen-bond donors (Lipinski definition) is 2. The molecule has 0 aromatic rings. The first-order valence-electron chi connectivity index (χ1n) is 6.19. The minimum Gasteiger partial charge on any atom is -0.465 e. The van der Waals surface area contributed by atoms with Crippen LogP contribution in [0.4, 0.5) is 0 Å². The molecule has 0 radical (unpaired) electrons. The Labute approximate surface area is 107 Å². The van der Waals surface area contributed by atoms with Gasteiger partial charge in [-0.1, -0.05) is 6.92 Å². The monoisotopic (exact) mass is 261 g/mol. The molecule has 0 rings (SSSR count). The Morgan fingerprint density at radius 1 is 1.11 bits per heavy atom. The largest absolute Gasteiger partial charge is 0.465 e. The Balaban J connectivity index is 4.06. The van der Waals surface area contributed by atoms with E-state index in [0.29, 0.717) is 6.42 Å². The van der Waals surface area contributed by atoms with Crippen LogP contribution < -0.4 is 5.73 Å². The highest BCUT2D eigenvalue weighted by atomic mass is 16.5. The van der Waals surface area contributed by atoms with Crippen molar-refractivity contribution in [3.63, 3.8) is 0 Å². The SMILES string of the molecule is CCOC(=O)C(N)CC(C)CC(O)C(=O)OCC. The van der Waals surface area contributed by atoms with Crippen LogP contribution in [-0.4, -0.2) is 42.4 Å². The molecule has 0 aromatic heterocycles. The second kappa shape index (κ2) is 8.88. The fourth-order valence-corrected chi connectivity index (χ4v) is 1.59. The molecular weight excluding hydrogens is 238 g/mol. The Kier molecular flexibility index (Phi) is 8.32. The van der Waals surface area contributed by atoms with Gasteiger partial charge < -0.3 is 20.3 Å². The summed E-state index contributed by atoms with van der Waals surface area (Å²) in [6.07, 6.45) is -0.601. The molecule has 0 aliphatic rings. The molecule has 3 N–H and O–H groups in total. The van der Waals surface area contributed by atoms with Gasteiger partial charge in [0.1, 0.15) is 6.04 Å². The molecule has 0 aliphatic heterocycles. The van der Waals surface area contributed by atoms with Gasteiger partial charge in [-0.2, -0.15) is 0 Å². The highest BCUT2D eigenvalue weighted by Crippen LogP contribution is 2.14. The van der Waals surface area contributed by atoms with Crippen molar-refractivity contribution >= 4 is 11.9 Å². The predicted molar refractivity (Wildman–Crippen MR) is 65.6 cm³/mol. The molecule has 0 amide bonds. The maximum Gasteiger partial charge on any atom is 0.334 e. The van der Waals surface area contributed by atoms with Gasteiger partial charge in [-0.05, 0) is 32.6 Å². The van der Waals surface area contributed by atoms with E-state index in [9.17, 15) is 14.7 Å². The topological polar surface area (TPSA) is 98.9 Å². The van der Waals surface area contributed by atoms with E-state index in [1.54, 1.807) is 13.8 Å². The predicted octanol–water partition coefficient (Wildman–Crippen LogP) is 0.217. The molecule has 6 heteroatoms. The molecule has 6 nitrogen and oxygen atoms in total. The van der Waals surface area contributed by atoms with Crippen molar-refractivity contribution in [3.05, 3.63) is 0 Å². The smallest absolute Gasteiger partial charge is 0.334 e. The van der Waals surface area contributed by atoms with Crippen LogP contribution in [0.3, 0.4) is 0 Å². The number of ether oxygens (including phenoxy) is 2. The fraction of sp³-hybridized carbons (Fsp3) is 0.833. The number of carbonyl (C=O) groups excluding carboxylic acids is 2. The number of rotatable bonds is 8. The van der Waals surface area contributed by atoms with Crippen molar-refractivity contribution in [2.45, 2.75) is 45.8 Å². The molecule has 0 aliphatic carbocycles. The van der Waals surface area contributed by atoms with E-state index in [1.165, 1.54) is 0 Å². The van der Waals surface area contributed by atoms with Crippen LogP contribution in [0.5, 0.6) is 0 Å². The lowest BCUT2D eigenvalue weighted by molar-refractivity contribution is -0.153. The zero-order valence-corrected chi connectivity index (χ0v) is 11.2. The van der Waals surface area contributed by atoms with Crippen LogP contribution >= 0.6 is 0 Å². The summed E-state index contributed by atoms with van der Waals surface area (Å²) in [6.45, 7) is 5.70. The Morgan fingerprint density at radius 3 is 2.11 bits per heavy atom. The molecule has 0 heterocycles. The van der Waals surface area contributed by atoms with Gasteiger partial charge in [-0.15, -0.1) is 0 Å². The van der Waals surface area contributed by atoms with Crippen molar-refractivity contribution in [2.75, 3.05) is 13.2 Å². The molecular formula is C12H23NO5. The third kappa shape index (κ3) is 6.56. The zero-order chi connectivity index (χ0) is 14.1. The van der Waals surface area contributed by atoms with Crippen molar-refractivity contribution < 1.29 is 24.2 Å². The lowest BCUT2D eigenvalue weighted by Crippen LogP contribution is -2.35. The maximum absolute atomic E-state index is 11.3. The van der Waals surface area contributed by atoms with Gasteiger partial charge in [0.05, 0.1) is 13.2 Å². The minimum atomic E-state index is -1.17. The second-order valence-electron chi connectivity index (χ2n) is 4.20. The van der Waals surface area contributed by atoms with Gasteiger partial charge in [-0.25, -0.2) is 4.79 Å². The molecule has 0 aromatic carbocycles. The van der Waals surface area contributed by atoms with Gasteiger partial charge in [0.15, 0.2) is 6.10 Å². The second-order valence-corrected chi connectivity index (χ2v) is 4.20. The summed E-state index contributed by atoms with van der Waals surface area (Å²) in [6, 6.07) is -0.727. The van der Waals surface area contributed by atoms with Gasteiger partial charge in [-0.3, -0.25) is 4.79 Å². The Bertz CT molecular complexity index is 243. The van der Waals surface area contributed by atoms with Crippen molar-refractivity contribution in [3.8, 4) is 0 Å². The van der Waals surface area contributed by atoms with Gasteiger partial charge in [0.2, 0.25) is 0 Å². The van der Waals surface area contributed by atoms with E-state index in [4.69, 9.17) is 10.5 Å². The lowest BCUT2D eigenvalue weighted by Gasteiger charge is -2.18. The Hall–Kier alpha value is -1.14. The molecule has 3 unspecified atom stereocenters. The molecule has 3 atom stereocenters. The third-order valence-corrected chi connectivity index (χ3v) is 2.43. The normalized spacial score (nSPS) is 15.6. The molecule has 0 bridgehead atoms. The van der Waals surface area contributed by atoms with Crippen LogP contribution in [0, 0.1) is 5.92 Å². The lowest BCUT2D eigenvalue weighted by atomic mass is 9.96. The number of aliphatic hydroxyl groups excluding tert-OH is 1. The van der Waals surface area contributed by atoms with E-state index in [0.717, 1.165) is 0 Å². The summed E-state index contributed by atoms with van der Waals surface area (Å²) in [5.41, 5.74) is 5.64. The summed E-state index contributed by atoms with van der Waals surface area (Å²) >= 11 is 0. The average Bonchev–Trinajstić information content (AvgIpc) is 2.29. The number of esters is 2. The summed E-state index contributed by atoms with van der Waals surface area (Å²) < 4.78 is 9.46. The maximum atomic E-state index is 11.3. The first-order valence-corrected chi connectivity index (χ1v) is 6.19. The minimum absolute atomic E-state index is 0.0798. The van der Waals surface area contributed by atoms with Crippen molar-refractivity contribution in [2.24, 2.45) is 11.7 Å². The fourth-order valence-electron chi connectivity index (χ4n) is 1.59. The quantitative estimate of drug-likeness (QED) is 0.606. The molecule has 0 fully saturated rings. The van der Waals surface area contributed by atoms with Crippen LogP contribution in [-0.2, 0) is 19.1 Å². The summed E-state index contributed by atoms with van der Waals surface area (Å²) in [5, 5.41) is 9.54. The van der Waals surface area contributed by atoms with Crippen molar-refractivity contribution in [1.82, 2.24) is 0 Å². The van der Waals surface area contributed by atoms with Gasteiger partial charge >= 0.3 is 11.9 Å². The molecule has 106 valence electrons. The van der Waals surface area contributed by atoms with Crippen LogP contribution in [0.2, 0.25) is 0 Å². The molecule has 0 spiro atoms. The van der Waals surface area contributed by atoms with E-state index < -0.39 is 24.1 Å². The summed E-state index contributed by atoms with van der Waals surface area (Å²) in [5.74, 6) is -1.19. The summed E-state index contributed by atoms with van der Waals surface area (Å²) in [7, 11) is 0. The van der Waals surface area contributed by atoms with Crippen molar-refractivity contribution in [1.29, 1.82) is 0 Å². The highest BCUT2D eigenvalue weighted by Gasteiger charge is 2.23.